The molecule has 1 atom stereocenters. The van der Waals surface area contributed by atoms with Crippen LogP contribution < -0.4 is 0 Å². The van der Waals surface area contributed by atoms with Gasteiger partial charge in [0, 0.05) is 7.05 Å². The normalized spacial score (nSPS) is 21.1. The topological polar surface area (TPSA) is 57.7 Å². The summed E-state index contributed by atoms with van der Waals surface area (Å²) in [6.45, 7) is 7.61. The second-order valence-corrected chi connectivity index (χ2v) is 8.50. The van der Waals surface area contributed by atoms with Crippen LogP contribution in [0.4, 0.5) is 0 Å². The molecular weight excluding hydrogens is 288 g/mol. The number of benzene rings is 1. The van der Waals surface area contributed by atoms with Crippen molar-refractivity contribution in [2.45, 2.75) is 38.8 Å². The fourth-order valence-electron chi connectivity index (χ4n) is 2.74. The van der Waals surface area contributed by atoms with Crippen LogP contribution in [-0.4, -0.2) is 43.3 Å². The predicted octanol–water partition coefficient (Wildman–Crippen LogP) is 1.83. The monoisotopic (exact) mass is 310 g/mol. The number of sulfonamides is 1. The average Bonchev–Trinajstić information content (AvgIpc) is 2.66. The molecule has 6 heteroatoms. The number of hydrogen-bond donors (Lipinski definition) is 0. The molecule has 0 saturated carbocycles. The van der Waals surface area contributed by atoms with Gasteiger partial charge in [-0.1, -0.05) is 38.5 Å². The van der Waals surface area contributed by atoms with Crippen molar-refractivity contribution in [2.24, 2.45) is 5.41 Å². The largest absolute Gasteiger partial charge is 0.327 e. The summed E-state index contributed by atoms with van der Waals surface area (Å²) in [6, 6.07) is 6.71. The molecule has 2 rings (SSSR count). The highest BCUT2D eigenvalue weighted by atomic mass is 32.2. The van der Waals surface area contributed by atoms with Crippen molar-refractivity contribution in [1.82, 2.24) is 9.21 Å². The van der Waals surface area contributed by atoms with E-state index in [1.54, 1.807) is 31.3 Å². The number of rotatable bonds is 2. The van der Waals surface area contributed by atoms with Gasteiger partial charge in [-0.3, -0.25) is 4.79 Å². The number of carbonyl (C=O) groups excluding carboxylic acids is 1. The molecule has 1 saturated heterocycles. The summed E-state index contributed by atoms with van der Waals surface area (Å²) in [5.74, 6) is -0.175. The molecule has 1 aromatic carbocycles. The second-order valence-electron chi connectivity index (χ2n) is 6.61. The first kappa shape index (κ1) is 16.0. The van der Waals surface area contributed by atoms with Crippen molar-refractivity contribution >= 4 is 15.9 Å². The Morgan fingerprint density at radius 3 is 2.14 bits per heavy atom. The smallest absolute Gasteiger partial charge is 0.245 e. The summed E-state index contributed by atoms with van der Waals surface area (Å²) >= 11 is 0. The molecule has 1 fully saturated rings. The Morgan fingerprint density at radius 2 is 1.67 bits per heavy atom. The van der Waals surface area contributed by atoms with Crippen molar-refractivity contribution in [1.29, 1.82) is 0 Å². The zero-order valence-electron chi connectivity index (χ0n) is 13.1. The molecule has 1 aliphatic heterocycles. The third-order valence-electron chi connectivity index (χ3n) is 3.73. The fraction of sp³-hybridized carbons (Fsp3) is 0.533. The van der Waals surface area contributed by atoms with E-state index < -0.39 is 16.2 Å². The Hall–Kier alpha value is -1.40. The van der Waals surface area contributed by atoms with Gasteiger partial charge >= 0.3 is 0 Å². The second kappa shape index (κ2) is 5.10. The first-order valence-electron chi connectivity index (χ1n) is 6.89. The Balaban J connectivity index is 2.48. The van der Waals surface area contributed by atoms with Crippen LogP contribution in [0.3, 0.4) is 0 Å². The lowest BCUT2D eigenvalue weighted by Crippen LogP contribution is -2.49. The molecule has 0 radical (unpaired) electrons. The maximum Gasteiger partial charge on any atom is 0.245 e. The van der Waals surface area contributed by atoms with Crippen molar-refractivity contribution in [3.05, 3.63) is 29.8 Å². The lowest BCUT2D eigenvalue weighted by molar-refractivity contribution is -0.127. The SMILES string of the molecule is Cc1ccc(S(=O)(=O)N2CC(=O)N(C)C2C(C)(C)C)cc1. The Labute approximate surface area is 126 Å². The quantitative estimate of drug-likeness (QED) is 0.837. The van der Waals surface area contributed by atoms with Gasteiger partial charge in [0.2, 0.25) is 15.9 Å². The molecular formula is C15H22N2O3S. The fourth-order valence-corrected chi connectivity index (χ4v) is 4.49. The van der Waals surface area contributed by atoms with E-state index in [-0.39, 0.29) is 22.8 Å². The highest BCUT2D eigenvalue weighted by Gasteiger charge is 2.48. The van der Waals surface area contributed by atoms with Crippen LogP contribution in [0.5, 0.6) is 0 Å². The number of amides is 1. The number of nitrogens with zero attached hydrogens (tertiary/aromatic N) is 2. The summed E-state index contributed by atoms with van der Waals surface area (Å²) in [5.41, 5.74) is 0.634. The summed E-state index contributed by atoms with van der Waals surface area (Å²) in [7, 11) is -2.03. The minimum absolute atomic E-state index is 0.103. The molecule has 1 heterocycles. The van der Waals surface area contributed by atoms with Crippen molar-refractivity contribution in [3.63, 3.8) is 0 Å². The zero-order chi connectivity index (χ0) is 16.0. The van der Waals surface area contributed by atoms with Crippen LogP contribution in [0.15, 0.2) is 29.2 Å². The van der Waals surface area contributed by atoms with Crippen LogP contribution in [0, 0.1) is 12.3 Å². The van der Waals surface area contributed by atoms with Crippen molar-refractivity contribution < 1.29 is 13.2 Å². The van der Waals surface area contributed by atoms with Crippen LogP contribution >= 0.6 is 0 Å². The molecule has 0 aliphatic carbocycles. The van der Waals surface area contributed by atoms with E-state index in [9.17, 15) is 13.2 Å². The van der Waals surface area contributed by atoms with E-state index in [1.165, 1.54) is 9.21 Å². The van der Waals surface area contributed by atoms with Gasteiger partial charge in [0.15, 0.2) is 0 Å². The summed E-state index contributed by atoms with van der Waals surface area (Å²) in [5, 5.41) is 0. The molecule has 5 nitrogen and oxygen atoms in total. The summed E-state index contributed by atoms with van der Waals surface area (Å²) in [6.07, 6.45) is -0.476. The highest BCUT2D eigenvalue weighted by molar-refractivity contribution is 7.89. The first-order valence-corrected chi connectivity index (χ1v) is 8.33. The maximum absolute atomic E-state index is 12.8. The van der Waals surface area contributed by atoms with Crippen molar-refractivity contribution in [2.75, 3.05) is 13.6 Å². The Morgan fingerprint density at radius 1 is 1.14 bits per heavy atom. The standard InChI is InChI=1S/C15H22N2O3S/c1-11-6-8-12(9-7-11)21(19,20)17-10-13(18)16(5)14(17)15(2,3)4/h6-9,14H,10H2,1-5H3. The lowest BCUT2D eigenvalue weighted by Gasteiger charge is -2.37. The van der Waals surface area contributed by atoms with Gasteiger partial charge in [0.05, 0.1) is 11.4 Å². The molecule has 0 aromatic heterocycles. The van der Waals surface area contributed by atoms with Crippen LogP contribution in [0.2, 0.25) is 0 Å². The third kappa shape index (κ3) is 2.82. The van der Waals surface area contributed by atoms with Gasteiger partial charge in [-0.2, -0.15) is 4.31 Å². The Bertz CT molecular complexity index is 644. The van der Waals surface area contributed by atoms with Crippen LogP contribution in [0.25, 0.3) is 0 Å². The number of hydrogen-bond acceptors (Lipinski definition) is 3. The molecule has 0 bridgehead atoms. The van der Waals surface area contributed by atoms with Gasteiger partial charge in [-0.15, -0.1) is 0 Å². The minimum Gasteiger partial charge on any atom is -0.327 e. The number of carbonyl (C=O) groups is 1. The van der Waals surface area contributed by atoms with Crippen LogP contribution in [0.1, 0.15) is 26.3 Å². The summed E-state index contributed by atoms with van der Waals surface area (Å²) in [4.78, 5) is 13.7. The van der Waals surface area contributed by atoms with Gasteiger partial charge < -0.3 is 4.90 Å². The maximum atomic E-state index is 12.8. The van der Waals surface area contributed by atoms with Gasteiger partial charge in [-0.25, -0.2) is 8.42 Å². The molecule has 1 aliphatic rings. The summed E-state index contributed by atoms with van der Waals surface area (Å²) < 4.78 is 27.0. The molecule has 116 valence electrons. The van der Waals surface area contributed by atoms with E-state index in [4.69, 9.17) is 0 Å². The van der Waals surface area contributed by atoms with E-state index in [0.717, 1.165) is 5.56 Å². The van der Waals surface area contributed by atoms with E-state index in [2.05, 4.69) is 0 Å². The lowest BCUT2D eigenvalue weighted by atomic mass is 9.92. The van der Waals surface area contributed by atoms with E-state index >= 15 is 0 Å². The predicted molar refractivity (Wildman–Crippen MR) is 81.1 cm³/mol. The number of likely N-dealkylation sites (N-methyl/N-ethyl adjacent to an activating group) is 1. The first-order chi connectivity index (χ1) is 9.55. The molecule has 0 N–H and O–H groups in total. The molecule has 0 spiro atoms. The molecule has 1 unspecified atom stereocenters. The minimum atomic E-state index is -3.68. The van der Waals surface area contributed by atoms with Gasteiger partial charge in [0.25, 0.3) is 0 Å². The molecule has 1 aromatic rings. The molecule has 1 amide bonds. The average molecular weight is 310 g/mol. The third-order valence-corrected chi connectivity index (χ3v) is 5.54. The van der Waals surface area contributed by atoms with E-state index in [1.807, 2.05) is 27.7 Å². The zero-order valence-corrected chi connectivity index (χ0v) is 13.9. The number of aryl methyl sites for hydroxylation is 1. The molecule has 21 heavy (non-hydrogen) atoms. The van der Waals surface area contributed by atoms with Crippen LogP contribution in [-0.2, 0) is 14.8 Å². The van der Waals surface area contributed by atoms with Gasteiger partial charge in [0.1, 0.15) is 6.17 Å². The van der Waals surface area contributed by atoms with Gasteiger partial charge in [-0.05, 0) is 24.5 Å². The Kier molecular flexibility index (Phi) is 3.88. The van der Waals surface area contributed by atoms with E-state index in [0.29, 0.717) is 0 Å². The van der Waals surface area contributed by atoms with Crippen molar-refractivity contribution in [3.8, 4) is 0 Å². The highest BCUT2D eigenvalue weighted by Crippen LogP contribution is 2.34.